The van der Waals surface area contributed by atoms with Gasteiger partial charge >= 0.3 is 5.97 Å². The summed E-state index contributed by atoms with van der Waals surface area (Å²) in [6.07, 6.45) is 14.5. The second-order valence-electron chi connectivity index (χ2n) is 10.7. The maximum atomic E-state index is 12.7. The van der Waals surface area contributed by atoms with Gasteiger partial charge in [0.1, 0.15) is 0 Å². The molecule has 0 unspecified atom stereocenters. The molecule has 0 bridgehead atoms. The molecule has 0 atom stereocenters. The standard InChI is InChI=1S/C33H39N3O3/c1-2-39-33(38)30-23-31(27-15-13-26(14-16-27)25-11-7-4-8-12-25)36(35-30)29-19-17-28(18-20-29)32(37)34-22-21-24-9-5-3-6-10-24/h9,13-20,23,25H,2-8,10-12,21-22H2,1H3,(H,34,37). The number of hydrogen-bond acceptors (Lipinski definition) is 4. The number of amides is 1. The second kappa shape index (κ2) is 12.9. The second-order valence-corrected chi connectivity index (χ2v) is 10.7. The van der Waals surface area contributed by atoms with E-state index in [4.69, 9.17) is 4.74 Å². The third-order valence-electron chi connectivity index (χ3n) is 7.97. The number of nitrogens with one attached hydrogen (secondary N) is 1. The number of nitrogens with zero attached hydrogens (tertiary/aromatic N) is 2. The van der Waals surface area contributed by atoms with E-state index in [0.29, 0.717) is 18.0 Å². The van der Waals surface area contributed by atoms with Crippen molar-refractivity contribution in [1.82, 2.24) is 15.1 Å². The fourth-order valence-electron chi connectivity index (χ4n) is 5.77. The van der Waals surface area contributed by atoms with E-state index in [2.05, 4.69) is 40.8 Å². The maximum Gasteiger partial charge on any atom is 0.358 e. The number of carbonyl (C=O) groups is 2. The molecular formula is C33H39N3O3. The molecular weight excluding hydrogens is 486 g/mol. The molecule has 0 radical (unpaired) electrons. The van der Waals surface area contributed by atoms with E-state index in [1.54, 1.807) is 17.7 Å². The summed E-state index contributed by atoms with van der Waals surface area (Å²) in [7, 11) is 0. The highest BCUT2D eigenvalue weighted by Crippen LogP contribution is 2.34. The number of esters is 1. The molecule has 1 heterocycles. The van der Waals surface area contributed by atoms with E-state index in [0.717, 1.165) is 36.2 Å². The highest BCUT2D eigenvalue weighted by molar-refractivity contribution is 5.94. The van der Waals surface area contributed by atoms with Crippen LogP contribution in [-0.4, -0.2) is 34.8 Å². The van der Waals surface area contributed by atoms with Crippen molar-refractivity contribution in [2.75, 3.05) is 13.2 Å². The minimum Gasteiger partial charge on any atom is -0.461 e. The van der Waals surface area contributed by atoms with Crippen LogP contribution in [-0.2, 0) is 4.74 Å². The van der Waals surface area contributed by atoms with Crippen LogP contribution < -0.4 is 5.32 Å². The summed E-state index contributed by atoms with van der Waals surface area (Å²) in [6.45, 7) is 2.73. The fourth-order valence-corrected chi connectivity index (χ4v) is 5.77. The number of benzene rings is 2. The molecule has 0 aliphatic heterocycles. The molecule has 1 N–H and O–H groups in total. The maximum absolute atomic E-state index is 12.7. The molecule has 2 aliphatic rings. The summed E-state index contributed by atoms with van der Waals surface area (Å²) in [4.78, 5) is 25.3. The molecule has 5 rings (SSSR count). The average molecular weight is 526 g/mol. The molecule has 2 aromatic carbocycles. The van der Waals surface area contributed by atoms with Crippen LogP contribution in [0.1, 0.15) is 103 Å². The minimum atomic E-state index is -0.444. The van der Waals surface area contributed by atoms with E-state index in [1.165, 1.54) is 56.1 Å². The van der Waals surface area contributed by atoms with Gasteiger partial charge in [0.05, 0.1) is 18.0 Å². The lowest BCUT2D eigenvalue weighted by atomic mass is 9.84. The Labute approximate surface area is 231 Å². The van der Waals surface area contributed by atoms with Crippen LogP contribution in [0, 0.1) is 0 Å². The number of allylic oxidation sites excluding steroid dienone is 1. The van der Waals surface area contributed by atoms with Crippen molar-refractivity contribution >= 4 is 11.9 Å². The van der Waals surface area contributed by atoms with Crippen LogP contribution >= 0.6 is 0 Å². The SMILES string of the molecule is CCOC(=O)c1cc(-c2ccc(C3CCCCC3)cc2)n(-c2ccc(C(=O)NCCC3=CCCCC3)cc2)n1. The predicted octanol–water partition coefficient (Wildman–Crippen LogP) is 7.38. The van der Waals surface area contributed by atoms with Crippen LogP contribution in [0.3, 0.4) is 0 Å². The monoisotopic (exact) mass is 525 g/mol. The van der Waals surface area contributed by atoms with Gasteiger partial charge in [0.2, 0.25) is 0 Å². The lowest BCUT2D eigenvalue weighted by Crippen LogP contribution is -2.24. The Morgan fingerprint density at radius 2 is 1.74 bits per heavy atom. The summed E-state index contributed by atoms with van der Waals surface area (Å²) < 4.78 is 6.99. The third-order valence-corrected chi connectivity index (χ3v) is 7.97. The van der Waals surface area contributed by atoms with Crippen molar-refractivity contribution in [3.8, 4) is 16.9 Å². The summed E-state index contributed by atoms with van der Waals surface area (Å²) in [6, 6.07) is 17.8. The van der Waals surface area contributed by atoms with Crippen molar-refractivity contribution < 1.29 is 14.3 Å². The Hall–Kier alpha value is -3.67. The number of rotatable bonds is 9. The quantitative estimate of drug-likeness (QED) is 0.234. The lowest BCUT2D eigenvalue weighted by Gasteiger charge is -2.22. The number of hydrogen-bond donors (Lipinski definition) is 1. The minimum absolute atomic E-state index is 0.0795. The first-order valence-corrected chi connectivity index (χ1v) is 14.6. The predicted molar refractivity (Wildman–Crippen MR) is 154 cm³/mol. The Balaban J connectivity index is 1.34. The molecule has 204 valence electrons. The smallest absolute Gasteiger partial charge is 0.358 e. The van der Waals surface area contributed by atoms with Gasteiger partial charge in [-0.2, -0.15) is 5.10 Å². The molecule has 1 fully saturated rings. The van der Waals surface area contributed by atoms with Crippen LogP contribution in [0.5, 0.6) is 0 Å². The van der Waals surface area contributed by atoms with Gasteiger partial charge in [0, 0.05) is 17.7 Å². The van der Waals surface area contributed by atoms with Gasteiger partial charge < -0.3 is 10.1 Å². The van der Waals surface area contributed by atoms with E-state index >= 15 is 0 Å². The van der Waals surface area contributed by atoms with Gasteiger partial charge in [-0.25, -0.2) is 9.48 Å². The van der Waals surface area contributed by atoms with Crippen molar-refractivity contribution in [3.05, 3.63) is 83.1 Å². The molecule has 1 amide bonds. The zero-order chi connectivity index (χ0) is 27.0. The van der Waals surface area contributed by atoms with Crippen molar-refractivity contribution in [2.45, 2.75) is 77.0 Å². The van der Waals surface area contributed by atoms with Crippen LogP contribution in [0.25, 0.3) is 16.9 Å². The number of carbonyl (C=O) groups excluding carboxylic acids is 2. The van der Waals surface area contributed by atoms with Crippen molar-refractivity contribution in [1.29, 1.82) is 0 Å². The average Bonchev–Trinajstić information content (AvgIpc) is 3.44. The molecule has 2 aliphatic carbocycles. The Morgan fingerprint density at radius 3 is 2.44 bits per heavy atom. The summed E-state index contributed by atoms with van der Waals surface area (Å²) in [5.74, 6) is 0.107. The molecule has 3 aromatic rings. The zero-order valence-electron chi connectivity index (χ0n) is 23.0. The molecule has 6 heteroatoms. The Kier molecular flexibility index (Phi) is 8.92. The first-order chi connectivity index (χ1) is 19.1. The first kappa shape index (κ1) is 26.9. The Bertz CT molecular complexity index is 1300. The van der Waals surface area contributed by atoms with E-state index < -0.39 is 5.97 Å². The number of aromatic nitrogens is 2. The summed E-state index contributed by atoms with van der Waals surface area (Å²) in [5, 5.41) is 7.64. The van der Waals surface area contributed by atoms with Crippen LogP contribution in [0.2, 0.25) is 0 Å². The summed E-state index contributed by atoms with van der Waals surface area (Å²) in [5.41, 5.74) is 6.27. The van der Waals surface area contributed by atoms with E-state index in [9.17, 15) is 9.59 Å². The molecule has 0 spiro atoms. The third kappa shape index (κ3) is 6.67. The van der Waals surface area contributed by atoms with Gasteiger partial charge in [0.25, 0.3) is 5.91 Å². The zero-order valence-corrected chi connectivity index (χ0v) is 23.0. The lowest BCUT2D eigenvalue weighted by molar-refractivity contribution is 0.0518. The molecule has 6 nitrogen and oxygen atoms in total. The summed E-state index contributed by atoms with van der Waals surface area (Å²) >= 11 is 0. The topological polar surface area (TPSA) is 73.2 Å². The van der Waals surface area contributed by atoms with Gasteiger partial charge in [-0.15, -0.1) is 0 Å². The molecule has 1 aromatic heterocycles. The number of ether oxygens (including phenoxy) is 1. The van der Waals surface area contributed by atoms with Gasteiger partial charge in [-0.1, -0.05) is 55.2 Å². The molecule has 1 saturated carbocycles. The fraction of sp³-hybridized carbons (Fsp3) is 0.424. The molecule has 39 heavy (non-hydrogen) atoms. The van der Waals surface area contributed by atoms with E-state index in [-0.39, 0.29) is 18.2 Å². The highest BCUT2D eigenvalue weighted by atomic mass is 16.5. The van der Waals surface area contributed by atoms with Crippen molar-refractivity contribution in [3.63, 3.8) is 0 Å². The van der Waals surface area contributed by atoms with Crippen LogP contribution in [0.4, 0.5) is 0 Å². The largest absolute Gasteiger partial charge is 0.461 e. The van der Waals surface area contributed by atoms with Crippen molar-refractivity contribution in [2.24, 2.45) is 0 Å². The van der Waals surface area contributed by atoms with Gasteiger partial charge in [-0.05, 0) is 93.7 Å². The van der Waals surface area contributed by atoms with Crippen LogP contribution in [0.15, 0.2) is 66.2 Å². The van der Waals surface area contributed by atoms with Gasteiger partial charge in [-0.3, -0.25) is 4.79 Å². The molecule has 0 saturated heterocycles. The highest BCUT2D eigenvalue weighted by Gasteiger charge is 2.20. The van der Waals surface area contributed by atoms with Gasteiger partial charge in [0.15, 0.2) is 5.69 Å². The normalized spacial score (nSPS) is 16.0. The Morgan fingerprint density at radius 1 is 0.974 bits per heavy atom. The van der Waals surface area contributed by atoms with E-state index in [1.807, 2.05) is 24.3 Å². The first-order valence-electron chi connectivity index (χ1n) is 14.6.